The van der Waals surface area contributed by atoms with Crippen LogP contribution in [0.3, 0.4) is 0 Å². The molecule has 1 aliphatic carbocycles. The Balaban J connectivity index is 1.60. The van der Waals surface area contributed by atoms with E-state index >= 15 is 0 Å². The van der Waals surface area contributed by atoms with Crippen LogP contribution in [0, 0.1) is 5.92 Å². The molecule has 2 rings (SSSR count). The molecular weight excluding hydrogens is 200 g/mol. The molecule has 1 saturated heterocycles. The minimum Gasteiger partial charge on any atom is -0.393 e. The Morgan fingerprint density at radius 2 is 1.94 bits per heavy atom. The van der Waals surface area contributed by atoms with Crippen molar-refractivity contribution in [3.8, 4) is 0 Å². The Morgan fingerprint density at radius 1 is 1.19 bits per heavy atom. The molecule has 0 aromatic rings. The Kier molecular flexibility index (Phi) is 4.62. The number of likely N-dealkylation sites (tertiary alicyclic amines) is 1. The largest absolute Gasteiger partial charge is 0.393 e. The molecule has 0 bridgehead atoms. The van der Waals surface area contributed by atoms with Gasteiger partial charge in [-0.05, 0) is 64.2 Å². The number of hydrogen-bond acceptors (Lipinski definition) is 3. The highest BCUT2D eigenvalue weighted by Crippen LogP contribution is 2.25. The summed E-state index contributed by atoms with van der Waals surface area (Å²) in [5.74, 6) is 0.721. The van der Waals surface area contributed by atoms with Crippen LogP contribution < -0.4 is 5.32 Å². The van der Waals surface area contributed by atoms with E-state index in [1.807, 2.05) is 0 Å². The van der Waals surface area contributed by atoms with Crippen LogP contribution in [0.2, 0.25) is 0 Å². The van der Waals surface area contributed by atoms with Crippen LogP contribution in [0.15, 0.2) is 0 Å². The standard InChI is InChI=1S/C13H26N2O/c1-2-15-7-5-12(6-8-15)14-10-11-3-4-13(16)9-11/h11-14,16H,2-10H2,1H3. The van der Waals surface area contributed by atoms with Gasteiger partial charge < -0.3 is 15.3 Å². The summed E-state index contributed by atoms with van der Waals surface area (Å²) >= 11 is 0. The van der Waals surface area contributed by atoms with Crippen LogP contribution in [0.5, 0.6) is 0 Å². The van der Waals surface area contributed by atoms with Crippen molar-refractivity contribution in [2.24, 2.45) is 5.92 Å². The molecule has 2 unspecified atom stereocenters. The fourth-order valence-corrected chi connectivity index (χ4v) is 3.02. The van der Waals surface area contributed by atoms with Crippen LogP contribution >= 0.6 is 0 Å². The third kappa shape index (κ3) is 3.44. The Hall–Kier alpha value is -0.120. The second kappa shape index (κ2) is 5.99. The Bertz CT molecular complexity index is 202. The summed E-state index contributed by atoms with van der Waals surface area (Å²) in [5.41, 5.74) is 0. The third-order valence-corrected chi connectivity index (χ3v) is 4.24. The molecule has 2 atom stereocenters. The minimum absolute atomic E-state index is 0.0197. The van der Waals surface area contributed by atoms with E-state index < -0.39 is 0 Å². The van der Waals surface area contributed by atoms with Crippen LogP contribution in [-0.4, -0.2) is 48.3 Å². The summed E-state index contributed by atoms with van der Waals surface area (Å²) in [6.45, 7) is 7.06. The molecule has 16 heavy (non-hydrogen) atoms. The monoisotopic (exact) mass is 226 g/mol. The zero-order valence-electron chi connectivity index (χ0n) is 10.5. The molecule has 0 aromatic heterocycles. The third-order valence-electron chi connectivity index (χ3n) is 4.24. The number of nitrogens with one attached hydrogen (secondary N) is 1. The topological polar surface area (TPSA) is 35.5 Å². The molecular formula is C13H26N2O. The molecule has 0 aromatic carbocycles. The quantitative estimate of drug-likeness (QED) is 0.756. The Morgan fingerprint density at radius 3 is 2.50 bits per heavy atom. The van der Waals surface area contributed by atoms with Gasteiger partial charge in [0, 0.05) is 6.04 Å². The molecule has 2 N–H and O–H groups in total. The maximum atomic E-state index is 9.47. The SMILES string of the molecule is CCN1CCC(NCC2CCC(O)C2)CC1. The summed E-state index contributed by atoms with van der Waals surface area (Å²) in [7, 11) is 0. The summed E-state index contributed by atoms with van der Waals surface area (Å²) < 4.78 is 0. The molecule has 0 radical (unpaired) electrons. The Labute approximate surface area is 99.2 Å². The minimum atomic E-state index is -0.0197. The highest BCUT2D eigenvalue weighted by atomic mass is 16.3. The van der Waals surface area contributed by atoms with E-state index in [2.05, 4.69) is 17.1 Å². The lowest BCUT2D eigenvalue weighted by Gasteiger charge is -2.32. The second-order valence-electron chi connectivity index (χ2n) is 5.45. The van der Waals surface area contributed by atoms with Gasteiger partial charge in [-0.1, -0.05) is 6.92 Å². The smallest absolute Gasteiger partial charge is 0.0543 e. The van der Waals surface area contributed by atoms with Gasteiger partial charge in [-0.15, -0.1) is 0 Å². The van der Waals surface area contributed by atoms with Crippen molar-refractivity contribution in [2.45, 2.75) is 51.2 Å². The van der Waals surface area contributed by atoms with E-state index in [-0.39, 0.29) is 6.10 Å². The molecule has 94 valence electrons. The first-order valence-electron chi connectivity index (χ1n) is 6.91. The van der Waals surface area contributed by atoms with Gasteiger partial charge in [0.25, 0.3) is 0 Å². The second-order valence-corrected chi connectivity index (χ2v) is 5.45. The first-order valence-corrected chi connectivity index (χ1v) is 6.91. The van der Waals surface area contributed by atoms with Gasteiger partial charge in [-0.2, -0.15) is 0 Å². The average Bonchev–Trinajstić information content (AvgIpc) is 2.73. The van der Waals surface area contributed by atoms with Crippen molar-refractivity contribution < 1.29 is 5.11 Å². The van der Waals surface area contributed by atoms with Gasteiger partial charge in [-0.3, -0.25) is 0 Å². The first kappa shape index (κ1) is 12.3. The molecule has 0 spiro atoms. The van der Waals surface area contributed by atoms with Crippen molar-refractivity contribution in [1.82, 2.24) is 10.2 Å². The van der Waals surface area contributed by atoms with E-state index in [0.29, 0.717) is 0 Å². The van der Waals surface area contributed by atoms with Crippen molar-refractivity contribution >= 4 is 0 Å². The van der Waals surface area contributed by atoms with Gasteiger partial charge in [0.2, 0.25) is 0 Å². The predicted molar refractivity (Wildman–Crippen MR) is 66.5 cm³/mol. The highest BCUT2D eigenvalue weighted by molar-refractivity contribution is 4.81. The number of piperidine rings is 1. The number of aliphatic hydroxyl groups is 1. The average molecular weight is 226 g/mol. The van der Waals surface area contributed by atoms with Gasteiger partial charge in [0.15, 0.2) is 0 Å². The fourth-order valence-electron chi connectivity index (χ4n) is 3.02. The summed E-state index contributed by atoms with van der Waals surface area (Å²) in [5, 5.41) is 13.2. The zero-order valence-corrected chi connectivity index (χ0v) is 10.5. The van der Waals surface area contributed by atoms with E-state index in [1.54, 1.807) is 0 Å². The lowest BCUT2D eigenvalue weighted by atomic mass is 10.0. The predicted octanol–water partition coefficient (Wildman–Crippen LogP) is 1.22. The normalized spacial score (nSPS) is 33.4. The van der Waals surface area contributed by atoms with E-state index in [4.69, 9.17) is 0 Å². The maximum Gasteiger partial charge on any atom is 0.0543 e. The summed E-state index contributed by atoms with van der Waals surface area (Å²) in [4.78, 5) is 2.53. The molecule has 2 aliphatic rings. The maximum absolute atomic E-state index is 9.47. The van der Waals surface area contributed by atoms with E-state index in [0.717, 1.165) is 31.3 Å². The fraction of sp³-hybridized carbons (Fsp3) is 1.00. The molecule has 3 nitrogen and oxygen atoms in total. The lowest BCUT2D eigenvalue weighted by Crippen LogP contribution is -2.43. The van der Waals surface area contributed by atoms with Gasteiger partial charge >= 0.3 is 0 Å². The van der Waals surface area contributed by atoms with Crippen LogP contribution in [0.4, 0.5) is 0 Å². The number of aliphatic hydroxyl groups excluding tert-OH is 1. The van der Waals surface area contributed by atoms with Crippen molar-refractivity contribution in [2.75, 3.05) is 26.2 Å². The molecule has 1 heterocycles. The van der Waals surface area contributed by atoms with Gasteiger partial charge in [-0.25, -0.2) is 0 Å². The van der Waals surface area contributed by atoms with E-state index in [1.165, 1.54) is 38.9 Å². The van der Waals surface area contributed by atoms with Crippen molar-refractivity contribution in [3.05, 3.63) is 0 Å². The molecule has 1 saturated carbocycles. The molecule has 0 amide bonds. The van der Waals surface area contributed by atoms with Gasteiger partial charge in [0.05, 0.1) is 6.10 Å². The number of nitrogens with zero attached hydrogens (tertiary/aromatic N) is 1. The summed E-state index contributed by atoms with van der Waals surface area (Å²) in [6, 6.07) is 0.723. The van der Waals surface area contributed by atoms with Crippen molar-refractivity contribution in [1.29, 1.82) is 0 Å². The molecule has 2 fully saturated rings. The summed E-state index contributed by atoms with van der Waals surface area (Å²) in [6.07, 6.45) is 5.81. The zero-order chi connectivity index (χ0) is 11.4. The number of rotatable bonds is 4. The van der Waals surface area contributed by atoms with Crippen molar-refractivity contribution in [3.63, 3.8) is 0 Å². The van der Waals surface area contributed by atoms with Crippen LogP contribution in [-0.2, 0) is 0 Å². The molecule has 3 heteroatoms. The van der Waals surface area contributed by atoms with E-state index in [9.17, 15) is 5.11 Å². The van der Waals surface area contributed by atoms with Crippen LogP contribution in [0.1, 0.15) is 39.0 Å². The van der Waals surface area contributed by atoms with Gasteiger partial charge in [0.1, 0.15) is 0 Å². The number of hydrogen-bond donors (Lipinski definition) is 2. The first-order chi connectivity index (χ1) is 7.78. The van der Waals surface area contributed by atoms with Crippen LogP contribution in [0.25, 0.3) is 0 Å². The molecule has 1 aliphatic heterocycles. The lowest BCUT2D eigenvalue weighted by molar-refractivity contribution is 0.174. The highest BCUT2D eigenvalue weighted by Gasteiger charge is 2.24.